The number of aliphatic hydroxyl groups is 1. The van der Waals surface area contributed by atoms with Crippen LogP contribution in [-0.2, 0) is 6.54 Å². The third-order valence-corrected chi connectivity index (χ3v) is 5.99. The molecule has 1 N–H and O–H groups in total. The van der Waals surface area contributed by atoms with Crippen LogP contribution in [0.2, 0.25) is 0 Å². The summed E-state index contributed by atoms with van der Waals surface area (Å²) in [6, 6.07) is 18.7. The smallest absolute Gasteiger partial charge is 0.428 e. The van der Waals surface area contributed by atoms with Gasteiger partial charge in [-0.2, -0.15) is 30.7 Å². The van der Waals surface area contributed by atoms with Gasteiger partial charge in [-0.3, -0.25) is 0 Å². The molecule has 0 heterocycles. The predicted octanol–water partition coefficient (Wildman–Crippen LogP) is 7.24. The van der Waals surface area contributed by atoms with Crippen LogP contribution in [0.5, 0.6) is 5.75 Å². The summed E-state index contributed by atoms with van der Waals surface area (Å²) in [6.45, 7) is -1.12. The van der Waals surface area contributed by atoms with Crippen LogP contribution in [0.4, 0.5) is 36.4 Å². The van der Waals surface area contributed by atoms with E-state index in [9.17, 15) is 35.8 Å². The highest BCUT2D eigenvalue weighted by molar-refractivity contribution is 7.98. The molecule has 0 spiro atoms. The minimum atomic E-state index is -4.91. The van der Waals surface area contributed by atoms with Gasteiger partial charge in [-0.1, -0.05) is 48.5 Å². The lowest BCUT2D eigenvalue weighted by molar-refractivity contribution is -0.253. The van der Waals surface area contributed by atoms with Crippen molar-refractivity contribution in [2.75, 3.05) is 17.7 Å². The van der Waals surface area contributed by atoms with E-state index in [2.05, 4.69) is 4.74 Å². The van der Waals surface area contributed by atoms with Crippen LogP contribution in [0.3, 0.4) is 0 Å². The number of thioether (sulfide) groups is 1. The Hall–Kier alpha value is -2.92. The lowest BCUT2D eigenvalue weighted by Crippen LogP contribution is -2.41. The molecule has 3 nitrogen and oxygen atoms in total. The van der Waals surface area contributed by atoms with E-state index in [4.69, 9.17) is 0 Å². The Morgan fingerprint density at radius 3 is 2.17 bits per heavy atom. The van der Waals surface area contributed by atoms with E-state index in [0.29, 0.717) is 11.3 Å². The Morgan fingerprint density at radius 2 is 1.53 bits per heavy atom. The van der Waals surface area contributed by atoms with E-state index in [-0.39, 0.29) is 12.1 Å². The summed E-state index contributed by atoms with van der Waals surface area (Å²) >= 11 is 1.45. The molecule has 0 radical (unpaired) electrons. The van der Waals surface area contributed by atoms with Gasteiger partial charge in [0.05, 0.1) is 6.54 Å². The minimum absolute atomic E-state index is 0.208. The third-order valence-electron chi connectivity index (χ3n) is 5.19. The molecule has 0 saturated carbocycles. The second kappa shape index (κ2) is 11.4. The zero-order chi connectivity index (χ0) is 26.5. The van der Waals surface area contributed by atoms with E-state index < -0.39 is 37.1 Å². The van der Waals surface area contributed by atoms with E-state index in [0.717, 1.165) is 22.6 Å². The molecule has 11 heteroatoms. The number of ether oxygens (including phenoxy) is 1. The Morgan fingerprint density at radius 1 is 0.889 bits per heavy atom. The van der Waals surface area contributed by atoms with E-state index in [1.807, 2.05) is 24.5 Å². The van der Waals surface area contributed by atoms with Crippen molar-refractivity contribution < 1.29 is 40.6 Å². The molecule has 0 bridgehead atoms. The predicted molar refractivity (Wildman–Crippen MR) is 125 cm³/mol. The topological polar surface area (TPSA) is 32.7 Å². The van der Waals surface area contributed by atoms with Crippen LogP contribution in [0.1, 0.15) is 5.56 Å². The molecule has 0 aliphatic rings. The van der Waals surface area contributed by atoms with Gasteiger partial charge in [0.25, 0.3) is 0 Å². The zero-order valence-electron chi connectivity index (χ0n) is 18.9. The van der Waals surface area contributed by atoms with Crippen molar-refractivity contribution in [2.45, 2.75) is 36.3 Å². The zero-order valence-corrected chi connectivity index (χ0v) is 19.7. The number of aliphatic hydroxyl groups excluding tert-OH is 1. The monoisotopic (exact) mass is 533 g/mol. The number of para-hydroxylation sites is 1. The first-order chi connectivity index (χ1) is 16.9. The van der Waals surface area contributed by atoms with Crippen molar-refractivity contribution in [3.63, 3.8) is 0 Å². The molecule has 3 aromatic rings. The fourth-order valence-electron chi connectivity index (χ4n) is 3.53. The molecule has 0 saturated heterocycles. The summed E-state index contributed by atoms with van der Waals surface area (Å²) in [6.07, 6.45) is -14.6. The normalized spacial score (nSPS) is 13.1. The Labute approximate surface area is 207 Å². The molecule has 0 aliphatic carbocycles. The van der Waals surface area contributed by atoms with Gasteiger partial charge >= 0.3 is 18.7 Å². The SMILES string of the molecule is CSc1ccccc1-c1ccccc1N(Cc1cccc(OC(F)(F)C(F)F)c1)CC(O)C(F)(F)F. The van der Waals surface area contributed by atoms with E-state index >= 15 is 0 Å². The standard InChI is InChI=1S/C25H22F7NO2S/c1-36-21-12-5-3-10-19(21)18-9-2-4-11-20(18)33(15-22(34)24(28,29)30)14-16-7-6-8-17(13-16)35-25(31,32)23(26)27/h2-13,22-23,34H,14-15H2,1H3. The van der Waals surface area contributed by atoms with Crippen LogP contribution in [0.15, 0.2) is 77.7 Å². The molecule has 3 aromatic carbocycles. The highest BCUT2D eigenvalue weighted by Gasteiger charge is 2.44. The highest BCUT2D eigenvalue weighted by atomic mass is 32.2. The van der Waals surface area contributed by atoms with Crippen LogP contribution < -0.4 is 9.64 Å². The maximum atomic E-state index is 13.4. The maximum absolute atomic E-state index is 13.4. The third kappa shape index (κ3) is 6.85. The van der Waals surface area contributed by atoms with Gasteiger partial charge < -0.3 is 14.7 Å². The van der Waals surface area contributed by atoms with Crippen LogP contribution in [-0.4, -0.2) is 42.7 Å². The van der Waals surface area contributed by atoms with Crippen molar-refractivity contribution in [3.05, 3.63) is 78.4 Å². The number of alkyl halides is 7. The van der Waals surface area contributed by atoms with Gasteiger partial charge in [0.1, 0.15) is 5.75 Å². The molecule has 0 aliphatic heterocycles. The van der Waals surface area contributed by atoms with Gasteiger partial charge in [0.2, 0.25) is 0 Å². The number of hydrogen-bond acceptors (Lipinski definition) is 4. The molecule has 1 unspecified atom stereocenters. The van der Waals surface area contributed by atoms with Gasteiger partial charge in [-0.05, 0) is 41.6 Å². The molecule has 0 aromatic heterocycles. The lowest BCUT2D eigenvalue weighted by Gasteiger charge is -2.30. The fourth-order valence-corrected chi connectivity index (χ4v) is 4.15. The maximum Gasteiger partial charge on any atom is 0.461 e. The molecule has 36 heavy (non-hydrogen) atoms. The second-order valence-corrected chi connectivity index (χ2v) is 8.62. The van der Waals surface area contributed by atoms with Crippen molar-refractivity contribution >= 4 is 17.4 Å². The average Bonchev–Trinajstić information content (AvgIpc) is 2.83. The fraction of sp³-hybridized carbons (Fsp3) is 0.280. The number of anilines is 1. The van der Waals surface area contributed by atoms with Gasteiger partial charge in [0.15, 0.2) is 6.10 Å². The second-order valence-electron chi connectivity index (χ2n) is 7.77. The average molecular weight is 534 g/mol. The number of nitrogens with zero attached hydrogens (tertiary/aromatic N) is 1. The summed E-state index contributed by atoms with van der Waals surface area (Å²) < 4.78 is 95.7. The number of hydrogen-bond donors (Lipinski definition) is 1. The van der Waals surface area contributed by atoms with E-state index in [1.165, 1.54) is 28.8 Å². The minimum Gasteiger partial charge on any atom is -0.428 e. The molecule has 0 amide bonds. The highest BCUT2D eigenvalue weighted by Crippen LogP contribution is 2.38. The molecular formula is C25H22F7NO2S. The summed E-state index contributed by atoms with van der Waals surface area (Å²) in [5.74, 6) is -0.574. The van der Waals surface area contributed by atoms with Gasteiger partial charge in [-0.25, -0.2) is 0 Å². The van der Waals surface area contributed by atoms with Crippen molar-refractivity contribution in [1.29, 1.82) is 0 Å². The molecule has 0 fully saturated rings. The van der Waals surface area contributed by atoms with Gasteiger partial charge in [-0.15, -0.1) is 11.8 Å². The lowest BCUT2D eigenvalue weighted by atomic mass is 10.0. The summed E-state index contributed by atoms with van der Waals surface area (Å²) in [5.41, 5.74) is 1.90. The van der Waals surface area contributed by atoms with Crippen molar-refractivity contribution in [2.24, 2.45) is 0 Å². The molecule has 3 rings (SSSR count). The summed E-state index contributed by atoms with van der Waals surface area (Å²) in [5, 5.41) is 9.85. The Bertz CT molecular complexity index is 1160. The largest absolute Gasteiger partial charge is 0.461 e. The van der Waals surface area contributed by atoms with Crippen LogP contribution in [0, 0.1) is 0 Å². The van der Waals surface area contributed by atoms with Gasteiger partial charge in [0, 0.05) is 22.7 Å². The van der Waals surface area contributed by atoms with E-state index in [1.54, 1.807) is 30.3 Å². The summed E-state index contributed by atoms with van der Waals surface area (Å²) in [4.78, 5) is 2.13. The van der Waals surface area contributed by atoms with Crippen molar-refractivity contribution in [1.82, 2.24) is 0 Å². The number of rotatable bonds is 10. The Kier molecular flexibility index (Phi) is 8.78. The van der Waals surface area contributed by atoms with Crippen LogP contribution >= 0.6 is 11.8 Å². The Balaban J connectivity index is 2.03. The first-order valence-corrected chi connectivity index (χ1v) is 11.8. The van der Waals surface area contributed by atoms with Crippen LogP contribution in [0.25, 0.3) is 11.1 Å². The number of halogens is 7. The molecular weight excluding hydrogens is 511 g/mol. The molecule has 194 valence electrons. The number of benzene rings is 3. The first kappa shape index (κ1) is 27.7. The first-order valence-electron chi connectivity index (χ1n) is 10.6. The van der Waals surface area contributed by atoms with Crippen molar-refractivity contribution in [3.8, 4) is 16.9 Å². The molecule has 1 atom stereocenters. The quantitative estimate of drug-likeness (QED) is 0.220. The summed E-state index contributed by atoms with van der Waals surface area (Å²) in [7, 11) is 0.